The second-order valence-electron chi connectivity index (χ2n) is 3.95. The van der Waals surface area contributed by atoms with Gasteiger partial charge in [0.2, 0.25) is 0 Å². The van der Waals surface area contributed by atoms with Gasteiger partial charge in [0.15, 0.2) is 0 Å². The fourth-order valence-electron chi connectivity index (χ4n) is 1.51. The number of rotatable bonds is 6. The summed E-state index contributed by atoms with van der Waals surface area (Å²) in [5.41, 5.74) is 1.47. The minimum Gasteiger partial charge on any atom is -0.313 e. The van der Waals surface area contributed by atoms with Gasteiger partial charge in [-0.25, -0.2) is 0 Å². The number of thioether (sulfide) groups is 1. The van der Waals surface area contributed by atoms with Crippen LogP contribution in [0.3, 0.4) is 0 Å². The summed E-state index contributed by atoms with van der Waals surface area (Å²) in [6, 6.07) is 2.30. The van der Waals surface area contributed by atoms with Crippen LogP contribution in [-0.4, -0.2) is 18.1 Å². The zero-order chi connectivity index (χ0) is 11.3. The Kier molecular flexibility index (Phi) is 5.72. The molecule has 1 nitrogen and oxygen atoms in total. The van der Waals surface area contributed by atoms with Gasteiger partial charge in [0.05, 0.1) is 0 Å². The lowest BCUT2D eigenvalue weighted by atomic mass is 10.2. The maximum Gasteiger partial charge on any atom is 0.0216 e. The Labute approximate surface area is 102 Å². The quantitative estimate of drug-likeness (QED) is 0.766. The molecule has 0 radical (unpaired) electrons. The molecule has 3 heteroatoms. The maximum atomic E-state index is 3.51. The third kappa shape index (κ3) is 4.58. The summed E-state index contributed by atoms with van der Waals surface area (Å²) in [6.07, 6.45) is 3.43. The molecule has 1 heterocycles. The summed E-state index contributed by atoms with van der Waals surface area (Å²) < 4.78 is 0. The number of nitrogens with one attached hydrogen (secondary N) is 1. The van der Waals surface area contributed by atoms with Crippen molar-refractivity contribution in [3.05, 3.63) is 21.4 Å². The van der Waals surface area contributed by atoms with Crippen LogP contribution < -0.4 is 5.32 Å². The van der Waals surface area contributed by atoms with Gasteiger partial charge in [-0.1, -0.05) is 6.92 Å². The fourth-order valence-corrected chi connectivity index (χ4v) is 2.81. The molecule has 1 N–H and O–H groups in total. The van der Waals surface area contributed by atoms with Crippen molar-refractivity contribution in [3.63, 3.8) is 0 Å². The van der Waals surface area contributed by atoms with Crippen LogP contribution in [0.5, 0.6) is 0 Å². The first-order valence-electron chi connectivity index (χ1n) is 5.43. The van der Waals surface area contributed by atoms with E-state index in [1.165, 1.54) is 21.7 Å². The largest absolute Gasteiger partial charge is 0.313 e. The van der Waals surface area contributed by atoms with Gasteiger partial charge in [-0.15, -0.1) is 11.3 Å². The molecular formula is C12H21NS2. The lowest BCUT2D eigenvalue weighted by Crippen LogP contribution is -2.17. The highest BCUT2D eigenvalue weighted by molar-refractivity contribution is 7.99. The van der Waals surface area contributed by atoms with Crippen molar-refractivity contribution in [1.82, 2.24) is 5.32 Å². The van der Waals surface area contributed by atoms with Gasteiger partial charge < -0.3 is 5.32 Å². The highest BCUT2D eigenvalue weighted by Crippen LogP contribution is 2.20. The third-order valence-corrected chi connectivity index (χ3v) is 4.64. The molecule has 86 valence electrons. The van der Waals surface area contributed by atoms with E-state index in [4.69, 9.17) is 0 Å². The van der Waals surface area contributed by atoms with Crippen LogP contribution in [0.4, 0.5) is 0 Å². The SMILES string of the molecule is CSC(C)CCNCc1cc(C)sc1C. The molecule has 0 aliphatic carbocycles. The molecule has 0 aliphatic rings. The lowest BCUT2D eigenvalue weighted by molar-refractivity contribution is 0.647. The molecule has 1 aromatic rings. The Morgan fingerprint density at radius 1 is 1.47 bits per heavy atom. The van der Waals surface area contributed by atoms with Crippen molar-refractivity contribution in [2.75, 3.05) is 12.8 Å². The van der Waals surface area contributed by atoms with Crippen LogP contribution in [0.1, 0.15) is 28.7 Å². The summed E-state index contributed by atoms with van der Waals surface area (Å²) in [5, 5.41) is 4.28. The summed E-state index contributed by atoms with van der Waals surface area (Å²) >= 11 is 3.83. The smallest absolute Gasteiger partial charge is 0.0216 e. The predicted molar refractivity (Wildman–Crippen MR) is 73.1 cm³/mol. The van der Waals surface area contributed by atoms with E-state index in [-0.39, 0.29) is 0 Å². The Morgan fingerprint density at radius 2 is 2.20 bits per heavy atom. The zero-order valence-electron chi connectivity index (χ0n) is 10.1. The Hall–Kier alpha value is 0.01000. The molecule has 15 heavy (non-hydrogen) atoms. The van der Waals surface area contributed by atoms with Crippen molar-refractivity contribution in [2.24, 2.45) is 0 Å². The molecule has 0 amide bonds. The van der Waals surface area contributed by atoms with E-state index in [2.05, 4.69) is 38.4 Å². The summed E-state index contributed by atoms with van der Waals surface area (Å²) in [7, 11) is 0. The summed E-state index contributed by atoms with van der Waals surface area (Å²) in [5.74, 6) is 0. The van der Waals surface area contributed by atoms with Gasteiger partial charge in [-0.2, -0.15) is 11.8 Å². The molecule has 0 aliphatic heterocycles. The van der Waals surface area contributed by atoms with Crippen LogP contribution in [0.25, 0.3) is 0 Å². The Balaban J connectivity index is 2.23. The molecule has 1 aromatic heterocycles. The monoisotopic (exact) mass is 243 g/mol. The summed E-state index contributed by atoms with van der Waals surface area (Å²) in [6.45, 7) is 8.82. The molecule has 0 aromatic carbocycles. The van der Waals surface area contributed by atoms with Gasteiger partial charge in [0, 0.05) is 21.5 Å². The molecular weight excluding hydrogens is 222 g/mol. The number of hydrogen-bond acceptors (Lipinski definition) is 3. The maximum absolute atomic E-state index is 3.51. The molecule has 0 saturated heterocycles. The van der Waals surface area contributed by atoms with Crippen molar-refractivity contribution in [3.8, 4) is 0 Å². The zero-order valence-corrected chi connectivity index (χ0v) is 11.7. The molecule has 0 spiro atoms. The second kappa shape index (κ2) is 6.56. The van der Waals surface area contributed by atoms with Crippen molar-refractivity contribution >= 4 is 23.1 Å². The molecule has 0 saturated carbocycles. The highest BCUT2D eigenvalue weighted by atomic mass is 32.2. The standard InChI is InChI=1S/C12H21NS2/c1-9(14-4)5-6-13-8-12-7-10(2)15-11(12)3/h7,9,13H,5-6,8H2,1-4H3. The second-order valence-corrected chi connectivity index (χ2v) is 6.69. The predicted octanol–water partition coefficient (Wildman–Crippen LogP) is 3.60. The van der Waals surface area contributed by atoms with E-state index in [1.807, 2.05) is 23.1 Å². The van der Waals surface area contributed by atoms with E-state index in [0.717, 1.165) is 18.3 Å². The molecule has 1 rings (SSSR count). The number of aryl methyl sites for hydroxylation is 2. The van der Waals surface area contributed by atoms with Crippen LogP contribution >= 0.6 is 23.1 Å². The molecule has 1 unspecified atom stereocenters. The van der Waals surface area contributed by atoms with Gasteiger partial charge in [-0.05, 0) is 44.7 Å². The first kappa shape index (κ1) is 13.1. The highest BCUT2D eigenvalue weighted by Gasteiger charge is 2.02. The van der Waals surface area contributed by atoms with Gasteiger partial charge in [0.25, 0.3) is 0 Å². The number of thiophene rings is 1. The average Bonchev–Trinajstić information content (AvgIpc) is 2.52. The minimum atomic E-state index is 0.766. The average molecular weight is 243 g/mol. The first-order valence-corrected chi connectivity index (χ1v) is 7.53. The molecule has 0 bridgehead atoms. The van der Waals surface area contributed by atoms with E-state index < -0.39 is 0 Å². The normalized spacial score (nSPS) is 13.1. The Morgan fingerprint density at radius 3 is 2.73 bits per heavy atom. The molecule has 0 fully saturated rings. The van der Waals surface area contributed by atoms with E-state index >= 15 is 0 Å². The van der Waals surface area contributed by atoms with Crippen molar-refractivity contribution in [2.45, 2.75) is 39.0 Å². The fraction of sp³-hybridized carbons (Fsp3) is 0.667. The van der Waals surface area contributed by atoms with E-state index in [0.29, 0.717) is 0 Å². The van der Waals surface area contributed by atoms with Crippen LogP contribution in [0, 0.1) is 13.8 Å². The first-order chi connectivity index (χ1) is 7.13. The van der Waals surface area contributed by atoms with Crippen molar-refractivity contribution < 1.29 is 0 Å². The molecule has 1 atom stereocenters. The Bertz CT molecular complexity index is 294. The van der Waals surface area contributed by atoms with Crippen LogP contribution in [0.15, 0.2) is 6.07 Å². The lowest BCUT2D eigenvalue weighted by Gasteiger charge is -2.08. The topological polar surface area (TPSA) is 12.0 Å². The van der Waals surface area contributed by atoms with Crippen molar-refractivity contribution in [1.29, 1.82) is 0 Å². The van der Waals surface area contributed by atoms with Crippen LogP contribution in [0.2, 0.25) is 0 Å². The van der Waals surface area contributed by atoms with E-state index in [9.17, 15) is 0 Å². The van der Waals surface area contributed by atoms with Crippen LogP contribution in [-0.2, 0) is 6.54 Å². The van der Waals surface area contributed by atoms with Gasteiger partial charge >= 0.3 is 0 Å². The number of hydrogen-bond donors (Lipinski definition) is 1. The van der Waals surface area contributed by atoms with Gasteiger partial charge in [-0.3, -0.25) is 0 Å². The van der Waals surface area contributed by atoms with E-state index in [1.54, 1.807) is 0 Å². The third-order valence-electron chi connectivity index (χ3n) is 2.59. The minimum absolute atomic E-state index is 0.766. The summed E-state index contributed by atoms with van der Waals surface area (Å²) in [4.78, 5) is 2.87. The van der Waals surface area contributed by atoms with Gasteiger partial charge in [0.1, 0.15) is 0 Å².